The Hall–Kier alpha value is -1.07. The monoisotopic (exact) mass is 311 g/mol. The summed E-state index contributed by atoms with van der Waals surface area (Å²) in [5, 5.41) is 17.6. The number of nitrogens with two attached hydrogens (primary N) is 1. The SMILES string of the molecule is CC1(O)CCN(c2cc(Br)ccc2C(=N)N)CC1. The summed E-state index contributed by atoms with van der Waals surface area (Å²) in [6.07, 6.45) is 1.47. The first-order chi connectivity index (χ1) is 8.39. The summed E-state index contributed by atoms with van der Waals surface area (Å²) in [6.45, 7) is 3.44. The van der Waals surface area contributed by atoms with Crippen molar-refractivity contribution >= 4 is 27.5 Å². The van der Waals surface area contributed by atoms with Gasteiger partial charge in [0.1, 0.15) is 5.84 Å². The van der Waals surface area contributed by atoms with Crippen molar-refractivity contribution < 1.29 is 5.11 Å². The number of piperidine rings is 1. The zero-order valence-corrected chi connectivity index (χ0v) is 12.0. The van der Waals surface area contributed by atoms with E-state index in [1.54, 1.807) is 0 Å². The molecule has 0 aromatic heterocycles. The van der Waals surface area contributed by atoms with Crippen LogP contribution in [0.2, 0.25) is 0 Å². The number of aliphatic hydroxyl groups is 1. The second kappa shape index (κ2) is 4.90. The van der Waals surface area contributed by atoms with Gasteiger partial charge in [0.15, 0.2) is 0 Å². The summed E-state index contributed by atoms with van der Waals surface area (Å²) in [4.78, 5) is 2.18. The summed E-state index contributed by atoms with van der Waals surface area (Å²) in [5.74, 6) is 0.0785. The van der Waals surface area contributed by atoms with Gasteiger partial charge in [0.25, 0.3) is 0 Å². The maximum absolute atomic E-state index is 9.97. The highest BCUT2D eigenvalue weighted by atomic mass is 79.9. The molecule has 1 fully saturated rings. The Morgan fingerprint density at radius 3 is 2.61 bits per heavy atom. The summed E-state index contributed by atoms with van der Waals surface area (Å²) in [5.41, 5.74) is 6.76. The standard InChI is InChI=1S/C13H18BrN3O/c1-13(18)4-6-17(7-5-13)11-8-9(14)2-3-10(11)12(15)16/h2-3,8,18H,4-7H2,1H3,(H3,15,16). The molecule has 0 amide bonds. The van der Waals surface area contributed by atoms with Crippen LogP contribution in [0, 0.1) is 5.41 Å². The van der Waals surface area contributed by atoms with Crippen molar-refractivity contribution in [1.82, 2.24) is 0 Å². The van der Waals surface area contributed by atoms with Crippen LogP contribution in [0.1, 0.15) is 25.3 Å². The lowest BCUT2D eigenvalue weighted by Gasteiger charge is -2.38. The largest absolute Gasteiger partial charge is 0.390 e. The van der Waals surface area contributed by atoms with E-state index >= 15 is 0 Å². The fourth-order valence-corrected chi connectivity index (χ4v) is 2.57. The smallest absolute Gasteiger partial charge is 0.124 e. The summed E-state index contributed by atoms with van der Waals surface area (Å²) >= 11 is 3.45. The first kappa shape index (κ1) is 13.4. The zero-order chi connectivity index (χ0) is 13.3. The quantitative estimate of drug-likeness (QED) is 0.578. The molecular formula is C13H18BrN3O. The van der Waals surface area contributed by atoms with Crippen molar-refractivity contribution in [1.29, 1.82) is 5.41 Å². The van der Waals surface area contributed by atoms with E-state index < -0.39 is 5.60 Å². The lowest BCUT2D eigenvalue weighted by atomic mass is 9.93. The average molecular weight is 312 g/mol. The maximum Gasteiger partial charge on any atom is 0.124 e. The molecule has 1 saturated heterocycles. The fraction of sp³-hybridized carbons (Fsp3) is 0.462. The number of anilines is 1. The minimum atomic E-state index is -0.571. The van der Waals surface area contributed by atoms with Crippen LogP contribution in [0.3, 0.4) is 0 Å². The third-order valence-corrected chi connectivity index (χ3v) is 3.92. The van der Waals surface area contributed by atoms with Gasteiger partial charge in [-0.25, -0.2) is 0 Å². The normalized spacial score (nSPS) is 18.7. The Labute approximate surface area is 115 Å². The molecule has 1 aromatic rings. The number of rotatable bonds is 2. The van der Waals surface area contributed by atoms with E-state index in [2.05, 4.69) is 20.8 Å². The summed E-state index contributed by atoms with van der Waals surface area (Å²) < 4.78 is 0.972. The van der Waals surface area contributed by atoms with Gasteiger partial charge in [-0.3, -0.25) is 5.41 Å². The Balaban J connectivity index is 2.28. The van der Waals surface area contributed by atoms with E-state index in [1.807, 2.05) is 25.1 Å². The Morgan fingerprint density at radius 1 is 1.44 bits per heavy atom. The molecule has 0 bridgehead atoms. The first-order valence-electron chi connectivity index (χ1n) is 6.00. The van der Waals surface area contributed by atoms with Crippen molar-refractivity contribution in [2.75, 3.05) is 18.0 Å². The minimum Gasteiger partial charge on any atom is -0.390 e. The molecular weight excluding hydrogens is 294 g/mol. The zero-order valence-electron chi connectivity index (χ0n) is 10.4. The molecule has 4 N–H and O–H groups in total. The number of halogens is 1. The van der Waals surface area contributed by atoms with E-state index in [4.69, 9.17) is 11.1 Å². The lowest BCUT2D eigenvalue weighted by molar-refractivity contribution is 0.0351. The van der Waals surface area contributed by atoms with Gasteiger partial charge in [-0.2, -0.15) is 0 Å². The molecule has 4 nitrogen and oxygen atoms in total. The van der Waals surface area contributed by atoms with Gasteiger partial charge in [-0.05, 0) is 38.0 Å². The van der Waals surface area contributed by atoms with Gasteiger partial charge in [0, 0.05) is 28.8 Å². The molecule has 0 saturated carbocycles. The van der Waals surface area contributed by atoms with Crippen LogP contribution in [0.15, 0.2) is 22.7 Å². The van der Waals surface area contributed by atoms with E-state index in [1.165, 1.54) is 0 Å². The second-order valence-electron chi connectivity index (χ2n) is 5.06. The molecule has 1 aromatic carbocycles. The number of nitrogen functional groups attached to an aromatic ring is 1. The first-order valence-corrected chi connectivity index (χ1v) is 6.80. The predicted molar refractivity (Wildman–Crippen MR) is 77.2 cm³/mol. The Morgan fingerprint density at radius 2 is 2.06 bits per heavy atom. The molecule has 1 heterocycles. The van der Waals surface area contributed by atoms with E-state index in [0.717, 1.165) is 41.7 Å². The summed E-state index contributed by atoms with van der Waals surface area (Å²) in [7, 11) is 0. The highest BCUT2D eigenvalue weighted by Crippen LogP contribution is 2.30. The Bertz CT molecular complexity index is 463. The lowest BCUT2D eigenvalue weighted by Crippen LogP contribution is -2.43. The van der Waals surface area contributed by atoms with Gasteiger partial charge in [0.2, 0.25) is 0 Å². The predicted octanol–water partition coefficient (Wildman–Crippen LogP) is 2.08. The molecule has 0 aliphatic carbocycles. The van der Waals surface area contributed by atoms with Crippen molar-refractivity contribution in [3.8, 4) is 0 Å². The Kier molecular flexibility index (Phi) is 3.64. The topological polar surface area (TPSA) is 73.3 Å². The van der Waals surface area contributed by atoms with E-state index in [9.17, 15) is 5.11 Å². The third kappa shape index (κ3) is 2.84. The van der Waals surface area contributed by atoms with Crippen molar-refractivity contribution in [2.24, 2.45) is 5.73 Å². The highest BCUT2D eigenvalue weighted by Gasteiger charge is 2.28. The highest BCUT2D eigenvalue weighted by molar-refractivity contribution is 9.10. The number of hydrogen-bond donors (Lipinski definition) is 3. The number of hydrogen-bond acceptors (Lipinski definition) is 3. The number of nitrogens with one attached hydrogen (secondary N) is 1. The van der Waals surface area contributed by atoms with Crippen LogP contribution < -0.4 is 10.6 Å². The van der Waals surface area contributed by atoms with E-state index in [-0.39, 0.29) is 5.84 Å². The number of nitrogens with zero attached hydrogens (tertiary/aromatic N) is 1. The van der Waals surface area contributed by atoms with Gasteiger partial charge in [-0.1, -0.05) is 15.9 Å². The van der Waals surface area contributed by atoms with Gasteiger partial charge < -0.3 is 15.7 Å². The molecule has 98 valence electrons. The molecule has 1 aliphatic rings. The van der Waals surface area contributed by atoms with Crippen LogP contribution in [0.5, 0.6) is 0 Å². The van der Waals surface area contributed by atoms with Gasteiger partial charge in [-0.15, -0.1) is 0 Å². The average Bonchev–Trinajstić information content (AvgIpc) is 2.28. The molecule has 0 spiro atoms. The second-order valence-corrected chi connectivity index (χ2v) is 5.97. The molecule has 2 rings (SSSR count). The van der Waals surface area contributed by atoms with Crippen LogP contribution in [0.4, 0.5) is 5.69 Å². The van der Waals surface area contributed by atoms with Gasteiger partial charge in [0.05, 0.1) is 5.60 Å². The molecule has 1 aliphatic heterocycles. The van der Waals surface area contributed by atoms with E-state index in [0.29, 0.717) is 0 Å². The maximum atomic E-state index is 9.97. The van der Waals surface area contributed by atoms with Crippen molar-refractivity contribution in [3.63, 3.8) is 0 Å². The number of benzene rings is 1. The van der Waals surface area contributed by atoms with Crippen LogP contribution in [-0.2, 0) is 0 Å². The van der Waals surface area contributed by atoms with Crippen molar-refractivity contribution in [2.45, 2.75) is 25.4 Å². The third-order valence-electron chi connectivity index (χ3n) is 3.43. The van der Waals surface area contributed by atoms with Crippen LogP contribution >= 0.6 is 15.9 Å². The number of amidine groups is 1. The van der Waals surface area contributed by atoms with Gasteiger partial charge >= 0.3 is 0 Å². The fourth-order valence-electron chi connectivity index (χ4n) is 2.22. The molecule has 18 heavy (non-hydrogen) atoms. The molecule has 0 radical (unpaired) electrons. The summed E-state index contributed by atoms with van der Waals surface area (Å²) in [6, 6.07) is 5.73. The molecule has 0 atom stereocenters. The minimum absolute atomic E-state index is 0.0785. The molecule has 0 unspecified atom stereocenters. The molecule has 5 heteroatoms. The van der Waals surface area contributed by atoms with Crippen molar-refractivity contribution in [3.05, 3.63) is 28.2 Å². The van der Waals surface area contributed by atoms with Crippen LogP contribution in [-0.4, -0.2) is 29.6 Å². The van der Waals surface area contributed by atoms with Crippen LogP contribution in [0.25, 0.3) is 0 Å².